The molecule has 9 heteroatoms. The first-order valence-electron chi connectivity index (χ1n) is 11.1. The molecule has 186 valence electrons. The normalized spacial score (nSPS) is 10.7. The predicted molar refractivity (Wildman–Crippen MR) is 137 cm³/mol. The monoisotopic (exact) mass is 491 g/mol. The highest BCUT2D eigenvalue weighted by Crippen LogP contribution is 2.32. The maximum Gasteiger partial charge on any atom is 0.256 e. The maximum atomic E-state index is 13.5. The van der Waals surface area contributed by atoms with Crippen molar-refractivity contribution in [2.24, 2.45) is 0 Å². The van der Waals surface area contributed by atoms with Crippen LogP contribution in [0, 0.1) is 5.82 Å². The van der Waals surface area contributed by atoms with Crippen LogP contribution in [0.25, 0.3) is 10.9 Å². The number of carbonyl (C=O) groups excluding carboxylic acids is 1. The smallest absolute Gasteiger partial charge is 0.256 e. The first-order chi connectivity index (χ1) is 17.4. The lowest BCUT2D eigenvalue weighted by Crippen LogP contribution is -2.30. The Labute approximate surface area is 207 Å². The van der Waals surface area contributed by atoms with E-state index in [1.54, 1.807) is 31.4 Å². The molecule has 36 heavy (non-hydrogen) atoms. The van der Waals surface area contributed by atoms with Crippen molar-refractivity contribution in [3.63, 3.8) is 0 Å². The summed E-state index contributed by atoms with van der Waals surface area (Å²) in [4.78, 5) is 26.3. The number of benzene rings is 3. The number of amides is 1. The molecule has 0 aliphatic heterocycles. The average molecular weight is 492 g/mol. The summed E-state index contributed by atoms with van der Waals surface area (Å²) < 4.78 is 30.9. The molecule has 0 atom stereocenters. The van der Waals surface area contributed by atoms with E-state index in [4.69, 9.17) is 14.2 Å². The van der Waals surface area contributed by atoms with E-state index >= 15 is 0 Å². The largest absolute Gasteiger partial charge is 0.497 e. The van der Waals surface area contributed by atoms with Crippen molar-refractivity contribution in [3.8, 4) is 17.2 Å². The molecule has 0 saturated carbocycles. The van der Waals surface area contributed by atoms with Gasteiger partial charge < -0.3 is 24.8 Å². The van der Waals surface area contributed by atoms with Crippen LogP contribution in [0.15, 0.2) is 71.5 Å². The molecule has 4 aromatic rings. The van der Waals surface area contributed by atoms with Gasteiger partial charge in [-0.2, -0.15) is 0 Å². The van der Waals surface area contributed by atoms with Gasteiger partial charge >= 0.3 is 0 Å². The highest BCUT2D eigenvalue weighted by atomic mass is 19.1. The lowest BCUT2D eigenvalue weighted by atomic mass is 10.1. The van der Waals surface area contributed by atoms with Gasteiger partial charge in [-0.25, -0.2) is 4.39 Å². The van der Waals surface area contributed by atoms with Gasteiger partial charge in [0.25, 0.3) is 5.56 Å². The molecule has 1 amide bonds. The predicted octanol–water partition coefficient (Wildman–Crippen LogP) is 4.42. The van der Waals surface area contributed by atoms with Crippen LogP contribution in [-0.2, 0) is 17.9 Å². The van der Waals surface area contributed by atoms with Crippen molar-refractivity contribution in [2.75, 3.05) is 32.0 Å². The molecule has 0 fully saturated rings. The zero-order valence-electron chi connectivity index (χ0n) is 20.1. The van der Waals surface area contributed by atoms with Crippen LogP contribution in [0.1, 0.15) is 5.56 Å². The van der Waals surface area contributed by atoms with Gasteiger partial charge in [0.05, 0.1) is 26.8 Å². The zero-order valence-corrected chi connectivity index (χ0v) is 20.1. The molecule has 0 aliphatic rings. The fraction of sp³-hybridized carbons (Fsp3) is 0.185. The molecule has 0 spiro atoms. The van der Waals surface area contributed by atoms with Crippen LogP contribution in [0.3, 0.4) is 0 Å². The summed E-state index contributed by atoms with van der Waals surface area (Å²) in [6, 6.07) is 18.1. The van der Waals surface area contributed by atoms with Gasteiger partial charge in [-0.05, 0) is 54.6 Å². The zero-order chi connectivity index (χ0) is 25.7. The summed E-state index contributed by atoms with van der Waals surface area (Å²) >= 11 is 0. The van der Waals surface area contributed by atoms with E-state index in [-0.39, 0.29) is 18.6 Å². The number of hydrogen-bond acceptors (Lipinski definition) is 6. The molecule has 1 heterocycles. The van der Waals surface area contributed by atoms with E-state index in [1.165, 1.54) is 37.0 Å². The number of fused-ring (bicyclic) bond motifs is 1. The number of nitrogens with one attached hydrogen (secondary N) is 2. The van der Waals surface area contributed by atoms with Crippen LogP contribution in [0.5, 0.6) is 17.2 Å². The second kappa shape index (κ2) is 10.8. The third-order valence-corrected chi connectivity index (χ3v) is 5.66. The maximum absolute atomic E-state index is 13.5. The second-order valence-corrected chi connectivity index (χ2v) is 7.97. The summed E-state index contributed by atoms with van der Waals surface area (Å²) in [5.74, 6) is 0.693. The number of rotatable bonds is 9. The molecule has 3 aromatic carbocycles. The Bertz CT molecular complexity index is 1450. The quantitative estimate of drug-likeness (QED) is 0.360. The Morgan fingerprint density at radius 3 is 2.28 bits per heavy atom. The van der Waals surface area contributed by atoms with E-state index in [2.05, 4.69) is 10.6 Å². The fourth-order valence-electron chi connectivity index (χ4n) is 3.87. The van der Waals surface area contributed by atoms with E-state index in [0.717, 1.165) is 11.4 Å². The summed E-state index contributed by atoms with van der Waals surface area (Å²) in [7, 11) is 4.61. The highest BCUT2D eigenvalue weighted by Gasteiger charge is 2.16. The molecule has 0 saturated heterocycles. The summed E-state index contributed by atoms with van der Waals surface area (Å²) in [5.41, 5.74) is 1.71. The van der Waals surface area contributed by atoms with E-state index in [0.29, 0.717) is 33.7 Å². The van der Waals surface area contributed by atoms with Crippen LogP contribution in [0.2, 0.25) is 0 Å². The summed E-state index contributed by atoms with van der Waals surface area (Å²) in [6.45, 7) is -0.0569. The van der Waals surface area contributed by atoms with Gasteiger partial charge in [0.2, 0.25) is 5.91 Å². The van der Waals surface area contributed by atoms with Gasteiger partial charge in [0, 0.05) is 34.9 Å². The molecular weight excluding hydrogens is 465 g/mol. The number of anilines is 2. The van der Waals surface area contributed by atoms with Gasteiger partial charge in [-0.1, -0.05) is 6.07 Å². The van der Waals surface area contributed by atoms with Crippen molar-refractivity contribution in [1.82, 2.24) is 4.57 Å². The lowest BCUT2D eigenvalue weighted by Gasteiger charge is -2.16. The van der Waals surface area contributed by atoms with E-state index < -0.39 is 11.7 Å². The number of hydrogen-bond donors (Lipinski definition) is 2. The topological polar surface area (TPSA) is 90.8 Å². The van der Waals surface area contributed by atoms with Crippen LogP contribution < -0.4 is 30.4 Å². The third kappa shape index (κ3) is 5.41. The number of halogens is 1. The molecule has 0 aliphatic carbocycles. The second-order valence-electron chi connectivity index (χ2n) is 7.97. The van der Waals surface area contributed by atoms with Crippen LogP contribution >= 0.6 is 0 Å². The van der Waals surface area contributed by atoms with Crippen molar-refractivity contribution in [1.29, 1.82) is 0 Å². The van der Waals surface area contributed by atoms with Gasteiger partial charge in [-0.15, -0.1) is 0 Å². The molecule has 0 radical (unpaired) electrons. The van der Waals surface area contributed by atoms with Crippen molar-refractivity contribution < 1.29 is 23.4 Å². The molecule has 0 bridgehead atoms. The summed E-state index contributed by atoms with van der Waals surface area (Å²) in [6.07, 6.45) is 0. The molecule has 4 rings (SSSR count). The Morgan fingerprint density at radius 2 is 1.61 bits per heavy atom. The van der Waals surface area contributed by atoms with Gasteiger partial charge in [0.1, 0.15) is 18.1 Å². The van der Waals surface area contributed by atoms with Crippen LogP contribution in [0.4, 0.5) is 15.8 Å². The number of ether oxygens (including phenoxy) is 3. The van der Waals surface area contributed by atoms with Crippen LogP contribution in [-0.4, -0.2) is 31.8 Å². The minimum atomic E-state index is -0.473. The fourth-order valence-corrected chi connectivity index (χ4v) is 3.87. The molecule has 8 nitrogen and oxygen atoms in total. The van der Waals surface area contributed by atoms with E-state index in [9.17, 15) is 14.0 Å². The number of methoxy groups -OCH3 is 3. The molecule has 2 N–H and O–H groups in total. The Hall–Kier alpha value is -4.53. The first kappa shape index (κ1) is 24.6. The average Bonchev–Trinajstić information content (AvgIpc) is 2.88. The van der Waals surface area contributed by atoms with E-state index in [1.807, 2.05) is 24.3 Å². The Balaban J connectivity index is 1.71. The minimum Gasteiger partial charge on any atom is -0.497 e. The van der Waals surface area contributed by atoms with Gasteiger partial charge in [0.15, 0.2) is 11.5 Å². The van der Waals surface area contributed by atoms with Crippen molar-refractivity contribution in [2.45, 2.75) is 13.1 Å². The number of nitrogens with zero attached hydrogens (tertiary/aromatic N) is 1. The number of pyridine rings is 1. The van der Waals surface area contributed by atoms with Crippen molar-refractivity contribution in [3.05, 3.63) is 88.5 Å². The summed E-state index contributed by atoms with van der Waals surface area (Å²) in [5, 5.41) is 6.56. The lowest BCUT2D eigenvalue weighted by molar-refractivity contribution is -0.116. The Kier molecular flexibility index (Phi) is 7.39. The van der Waals surface area contributed by atoms with Crippen molar-refractivity contribution >= 4 is 28.2 Å². The Morgan fingerprint density at radius 1 is 0.889 bits per heavy atom. The minimum absolute atomic E-state index is 0.223. The van der Waals surface area contributed by atoms with Gasteiger partial charge in [-0.3, -0.25) is 14.2 Å². The molecular formula is C27H26FN3O5. The number of aromatic nitrogens is 1. The SMILES string of the molecule is COc1ccc(NCc2cc3cc(OC)c(OC)cc3n(CC(=O)Nc3cccc(F)c3)c2=O)cc1. The standard InChI is InChI=1S/C27H26FN3O5/c1-34-22-9-7-20(8-10-22)29-15-18-11-17-12-24(35-2)25(36-3)14-23(17)31(27(18)33)16-26(32)30-21-6-4-5-19(28)13-21/h4-14,29H,15-16H2,1-3H3,(H,30,32). The number of carbonyl (C=O) groups is 1. The first-order valence-corrected chi connectivity index (χ1v) is 11.1. The molecule has 1 aromatic heterocycles. The molecule has 0 unspecified atom stereocenters. The highest BCUT2D eigenvalue weighted by molar-refractivity contribution is 5.92. The third-order valence-electron chi connectivity index (χ3n) is 5.66.